The summed E-state index contributed by atoms with van der Waals surface area (Å²) in [5.74, 6) is -0.0701. The van der Waals surface area contributed by atoms with Crippen LogP contribution in [0.4, 0.5) is 0 Å². The zero-order valence-electron chi connectivity index (χ0n) is 16.6. The Labute approximate surface area is 167 Å². The largest absolute Gasteiger partial charge is 0.495 e. The van der Waals surface area contributed by atoms with Gasteiger partial charge < -0.3 is 10.1 Å². The number of rotatable bonds is 10. The average molecular weight is 405 g/mol. The van der Waals surface area contributed by atoms with Crippen molar-refractivity contribution in [3.8, 4) is 5.75 Å². The number of ether oxygens (including phenoxy) is 1. The number of amides is 1. The van der Waals surface area contributed by atoms with Gasteiger partial charge in [0.25, 0.3) is 5.91 Å². The van der Waals surface area contributed by atoms with E-state index in [2.05, 4.69) is 17.4 Å². The van der Waals surface area contributed by atoms with Crippen molar-refractivity contribution in [3.05, 3.63) is 59.7 Å². The van der Waals surface area contributed by atoms with E-state index in [1.165, 1.54) is 29.1 Å². The molecule has 0 spiro atoms. The van der Waals surface area contributed by atoms with E-state index in [0.29, 0.717) is 25.2 Å². The van der Waals surface area contributed by atoms with Gasteiger partial charge in [0.05, 0.1) is 7.11 Å². The summed E-state index contributed by atoms with van der Waals surface area (Å²) in [4.78, 5) is 12.5. The molecule has 0 saturated heterocycles. The molecule has 0 aliphatic carbocycles. The van der Waals surface area contributed by atoms with Gasteiger partial charge in [0.2, 0.25) is 10.0 Å². The predicted molar refractivity (Wildman–Crippen MR) is 110 cm³/mol. The monoisotopic (exact) mass is 404 g/mol. The highest BCUT2D eigenvalue weighted by Gasteiger charge is 2.26. The molecule has 0 unspecified atom stereocenters. The molecule has 0 aromatic heterocycles. The lowest BCUT2D eigenvalue weighted by Gasteiger charge is -2.20. The van der Waals surface area contributed by atoms with Crippen LogP contribution in [0.2, 0.25) is 0 Å². The van der Waals surface area contributed by atoms with Gasteiger partial charge in [-0.15, -0.1) is 0 Å². The number of benzene rings is 2. The number of sulfonamides is 1. The molecule has 0 bridgehead atoms. The second-order valence-corrected chi connectivity index (χ2v) is 8.21. The van der Waals surface area contributed by atoms with Crippen LogP contribution in [0, 0.1) is 0 Å². The van der Waals surface area contributed by atoms with E-state index < -0.39 is 10.0 Å². The quantitative estimate of drug-likeness (QED) is 0.618. The number of nitrogens with one attached hydrogen (secondary N) is 1. The number of carbonyl (C=O) groups is 1. The van der Waals surface area contributed by atoms with Crippen LogP contribution in [0.15, 0.2) is 53.4 Å². The summed E-state index contributed by atoms with van der Waals surface area (Å²) in [6, 6.07) is 14.5. The molecule has 0 radical (unpaired) electrons. The molecule has 0 saturated carbocycles. The van der Waals surface area contributed by atoms with Crippen molar-refractivity contribution in [1.82, 2.24) is 9.62 Å². The van der Waals surface area contributed by atoms with Crippen LogP contribution in [-0.2, 0) is 16.4 Å². The molecule has 2 aromatic carbocycles. The number of hydrogen-bond acceptors (Lipinski definition) is 4. The summed E-state index contributed by atoms with van der Waals surface area (Å²) in [6.45, 7) is 4.75. The minimum Gasteiger partial charge on any atom is -0.495 e. The van der Waals surface area contributed by atoms with E-state index in [1.54, 1.807) is 19.9 Å². The van der Waals surface area contributed by atoms with E-state index in [4.69, 9.17) is 4.74 Å². The SMILES string of the molecule is CCN(CC)S(=O)(=O)c1cc(C(=O)NCCCc2ccccc2)ccc1OC. The van der Waals surface area contributed by atoms with E-state index >= 15 is 0 Å². The van der Waals surface area contributed by atoms with Gasteiger partial charge >= 0.3 is 0 Å². The predicted octanol–water partition coefficient (Wildman–Crippen LogP) is 3.09. The fourth-order valence-corrected chi connectivity index (χ4v) is 4.60. The molecule has 152 valence electrons. The number of hydrogen-bond donors (Lipinski definition) is 1. The summed E-state index contributed by atoms with van der Waals surface area (Å²) in [5.41, 5.74) is 1.51. The maximum Gasteiger partial charge on any atom is 0.251 e. The summed E-state index contributed by atoms with van der Waals surface area (Å²) in [7, 11) is -2.32. The Kier molecular flexibility index (Phi) is 8.02. The van der Waals surface area contributed by atoms with Gasteiger partial charge in [-0.25, -0.2) is 8.42 Å². The van der Waals surface area contributed by atoms with E-state index in [-0.39, 0.29) is 16.6 Å². The van der Waals surface area contributed by atoms with Crippen molar-refractivity contribution in [2.75, 3.05) is 26.7 Å². The lowest BCUT2D eigenvalue weighted by Crippen LogP contribution is -2.31. The third-order valence-electron chi connectivity index (χ3n) is 4.52. The Morgan fingerprint density at radius 1 is 1.07 bits per heavy atom. The maximum atomic E-state index is 12.9. The third kappa shape index (κ3) is 5.33. The molecule has 2 aromatic rings. The van der Waals surface area contributed by atoms with E-state index in [9.17, 15) is 13.2 Å². The molecule has 6 nitrogen and oxygen atoms in total. The third-order valence-corrected chi connectivity index (χ3v) is 6.59. The number of nitrogens with zero attached hydrogens (tertiary/aromatic N) is 1. The molecule has 0 aliphatic rings. The van der Waals surface area contributed by atoms with Crippen LogP contribution < -0.4 is 10.1 Å². The van der Waals surface area contributed by atoms with Crippen LogP contribution in [0.5, 0.6) is 5.75 Å². The summed E-state index contributed by atoms with van der Waals surface area (Å²) in [6.07, 6.45) is 1.67. The fourth-order valence-electron chi connectivity index (χ4n) is 2.96. The lowest BCUT2D eigenvalue weighted by atomic mass is 10.1. The second kappa shape index (κ2) is 10.2. The molecular weight excluding hydrogens is 376 g/mol. The fraction of sp³-hybridized carbons (Fsp3) is 0.381. The Bertz CT molecular complexity index is 879. The smallest absolute Gasteiger partial charge is 0.251 e. The van der Waals surface area contributed by atoms with Gasteiger partial charge in [0.1, 0.15) is 10.6 Å². The van der Waals surface area contributed by atoms with Crippen LogP contribution in [0.3, 0.4) is 0 Å². The lowest BCUT2D eigenvalue weighted by molar-refractivity contribution is 0.0953. The highest BCUT2D eigenvalue weighted by Crippen LogP contribution is 2.27. The van der Waals surface area contributed by atoms with Gasteiger partial charge in [0.15, 0.2) is 0 Å². The molecule has 0 heterocycles. The van der Waals surface area contributed by atoms with Crippen molar-refractivity contribution in [1.29, 1.82) is 0 Å². The molecule has 2 rings (SSSR count). The molecule has 0 atom stereocenters. The van der Waals surface area contributed by atoms with Crippen molar-refractivity contribution in [2.24, 2.45) is 0 Å². The molecule has 7 heteroatoms. The first-order valence-corrected chi connectivity index (χ1v) is 10.9. The zero-order chi connectivity index (χ0) is 20.6. The highest BCUT2D eigenvalue weighted by atomic mass is 32.2. The molecule has 0 aliphatic heterocycles. The zero-order valence-corrected chi connectivity index (χ0v) is 17.5. The number of carbonyl (C=O) groups excluding carboxylic acids is 1. The van der Waals surface area contributed by atoms with Gasteiger partial charge in [-0.2, -0.15) is 4.31 Å². The van der Waals surface area contributed by atoms with Crippen molar-refractivity contribution >= 4 is 15.9 Å². The van der Waals surface area contributed by atoms with Gasteiger partial charge in [-0.05, 0) is 36.6 Å². The van der Waals surface area contributed by atoms with Gasteiger partial charge in [-0.1, -0.05) is 44.2 Å². The second-order valence-electron chi connectivity index (χ2n) is 6.30. The Morgan fingerprint density at radius 2 is 1.75 bits per heavy atom. The first-order chi connectivity index (χ1) is 13.4. The molecule has 1 amide bonds. The number of aryl methyl sites for hydroxylation is 1. The maximum absolute atomic E-state index is 12.9. The summed E-state index contributed by atoms with van der Waals surface area (Å²) in [5, 5.41) is 2.85. The first kappa shape index (κ1) is 21.9. The molecule has 28 heavy (non-hydrogen) atoms. The van der Waals surface area contributed by atoms with Crippen LogP contribution in [-0.4, -0.2) is 45.4 Å². The topological polar surface area (TPSA) is 75.7 Å². The minimum atomic E-state index is -3.73. The molecule has 0 fully saturated rings. The van der Waals surface area contributed by atoms with Crippen molar-refractivity contribution < 1.29 is 17.9 Å². The first-order valence-electron chi connectivity index (χ1n) is 9.44. The van der Waals surface area contributed by atoms with Crippen molar-refractivity contribution in [2.45, 2.75) is 31.6 Å². The Hall–Kier alpha value is -2.38. The number of methoxy groups -OCH3 is 1. The van der Waals surface area contributed by atoms with Crippen LogP contribution >= 0.6 is 0 Å². The van der Waals surface area contributed by atoms with Gasteiger partial charge in [0, 0.05) is 25.2 Å². The standard InChI is InChI=1S/C21H28N2O4S/c1-4-23(5-2)28(25,26)20-16-18(13-14-19(20)27-3)21(24)22-15-9-12-17-10-7-6-8-11-17/h6-8,10-11,13-14,16H,4-5,9,12,15H2,1-3H3,(H,22,24). The molecular formula is C21H28N2O4S. The normalized spacial score (nSPS) is 11.4. The van der Waals surface area contributed by atoms with E-state index in [0.717, 1.165) is 12.8 Å². The summed E-state index contributed by atoms with van der Waals surface area (Å²) < 4.78 is 32.3. The van der Waals surface area contributed by atoms with Crippen molar-refractivity contribution in [3.63, 3.8) is 0 Å². The van der Waals surface area contributed by atoms with Gasteiger partial charge in [-0.3, -0.25) is 4.79 Å². The Morgan fingerprint density at radius 3 is 2.36 bits per heavy atom. The van der Waals surface area contributed by atoms with Crippen LogP contribution in [0.25, 0.3) is 0 Å². The minimum absolute atomic E-state index is 0.00985. The van der Waals surface area contributed by atoms with E-state index in [1.807, 2.05) is 18.2 Å². The summed E-state index contributed by atoms with van der Waals surface area (Å²) >= 11 is 0. The van der Waals surface area contributed by atoms with Crippen LogP contribution in [0.1, 0.15) is 36.2 Å². The Balaban J connectivity index is 2.10. The highest BCUT2D eigenvalue weighted by molar-refractivity contribution is 7.89. The average Bonchev–Trinajstić information content (AvgIpc) is 2.72. The molecule has 1 N–H and O–H groups in total.